The summed E-state index contributed by atoms with van der Waals surface area (Å²) in [6.07, 6.45) is 0. The highest BCUT2D eigenvalue weighted by Gasteiger charge is 2.22. The fourth-order valence-corrected chi connectivity index (χ4v) is 8.24. The van der Waals surface area contributed by atoms with E-state index in [1.165, 1.54) is 65.3 Å². The number of rotatable bonds is 4. The zero-order valence-corrected chi connectivity index (χ0v) is 27.1. The summed E-state index contributed by atoms with van der Waals surface area (Å²) >= 11 is 0. The number of nitrogens with zero attached hydrogens (tertiary/aromatic N) is 3. The molecule has 0 unspecified atom stereocenters. The molecule has 0 saturated heterocycles. The lowest BCUT2D eigenvalue weighted by Gasteiger charge is -2.15. The Morgan fingerprint density at radius 2 is 0.840 bits per heavy atom. The highest BCUT2D eigenvalue weighted by molar-refractivity contribution is 6.32. The van der Waals surface area contributed by atoms with E-state index >= 15 is 0 Å². The van der Waals surface area contributed by atoms with Gasteiger partial charge in [-0.15, -0.1) is 0 Å². The van der Waals surface area contributed by atoms with Crippen molar-refractivity contribution in [1.29, 1.82) is 0 Å². The maximum absolute atomic E-state index is 5.46. The molecule has 2 aromatic heterocycles. The van der Waals surface area contributed by atoms with E-state index in [4.69, 9.17) is 4.98 Å². The standard InChI is InChI=1S/C47H29N3/c1-2-12-35(13-3-1)50-46-40-17-9-11-33-23-22-32-10-8-16-39(43(32)44(33)40)45(46)48-47(50)34-24-20-30(21-25-34)31-26-28-36(29-27-31)49-41-18-6-4-14-37(41)38-15-5-7-19-42(38)49/h1-29H. The second kappa shape index (κ2) is 10.4. The van der Waals surface area contributed by atoms with Crippen LogP contribution in [0.25, 0.3) is 99.0 Å². The van der Waals surface area contributed by atoms with Gasteiger partial charge in [0.05, 0.1) is 22.1 Å². The largest absolute Gasteiger partial charge is 0.309 e. The van der Waals surface area contributed by atoms with Crippen LogP contribution in [0.4, 0.5) is 0 Å². The van der Waals surface area contributed by atoms with Crippen LogP contribution in [-0.4, -0.2) is 14.1 Å². The van der Waals surface area contributed by atoms with E-state index < -0.39 is 0 Å². The molecule has 50 heavy (non-hydrogen) atoms. The minimum absolute atomic E-state index is 0.941. The Morgan fingerprint density at radius 1 is 0.340 bits per heavy atom. The summed E-state index contributed by atoms with van der Waals surface area (Å²) in [7, 11) is 0. The van der Waals surface area contributed by atoms with Crippen molar-refractivity contribution in [3.63, 3.8) is 0 Å². The van der Waals surface area contributed by atoms with E-state index in [0.29, 0.717) is 0 Å². The molecule has 0 radical (unpaired) electrons. The topological polar surface area (TPSA) is 22.8 Å². The molecule has 2 heterocycles. The molecule has 232 valence electrons. The van der Waals surface area contributed by atoms with Gasteiger partial charge in [0, 0.05) is 38.5 Å². The summed E-state index contributed by atoms with van der Waals surface area (Å²) in [5.41, 5.74) is 10.3. The summed E-state index contributed by atoms with van der Waals surface area (Å²) in [5, 5.41) is 10.1. The van der Waals surface area contributed by atoms with Crippen LogP contribution in [0, 0.1) is 0 Å². The highest BCUT2D eigenvalue weighted by atomic mass is 15.1. The molecule has 0 bridgehead atoms. The minimum Gasteiger partial charge on any atom is -0.309 e. The third-order valence-electron chi connectivity index (χ3n) is 10.5. The normalized spacial score (nSPS) is 12.0. The molecule has 11 rings (SSSR count). The predicted octanol–water partition coefficient (Wildman–Crippen LogP) is 12.4. The van der Waals surface area contributed by atoms with Crippen molar-refractivity contribution < 1.29 is 0 Å². The Hall–Kier alpha value is -6.71. The molecule has 3 heteroatoms. The van der Waals surface area contributed by atoms with Gasteiger partial charge in [0.15, 0.2) is 0 Å². The Morgan fingerprint density at radius 3 is 1.50 bits per heavy atom. The van der Waals surface area contributed by atoms with Crippen molar-refractivity contribution in [2.75, 3.05) is 0 Å². The maximum Gasteiger partial charge on any atom is 0.145 e. The fourth-order valence-electron chi connectivity index (χ4n) is 8.24. The third-order valence-corrected chi connectivity index (χ3v) is 10.5. The lowest BCUT2D eigenvalue weighted by molar-refractivity contribution is 1.11. The monoisotopic (exact) mass is 635 g/mol. The summed E-state index contributed by atoms with van der Waals surface area (Å²) in [5.74, 6) is 0.941. The molecule has 3 nitrogen and oxygen atoms in total. The molecule has 0 N–H and O–H groups in total. The van der Waals surface area contributed by atoms with Gasteiger partial charge < -0.3 is 4.57 Å². The van der Waals surface area contributed by atoms with Gasteiger partial charge in [0.2, 0.25) is 0 Å². The summed E-state index contributed by atoms with van der Waals surface area (Å²) < 4.78 is 4.72. The molecule has 0 fully saturated rings. The van der Waals surface area contributed by atoms with Gasteiger partial charge >= 0.3 is 0 Å². The number of fused-ring (bicyclic) bond motifs is 6. The van der Waals surface area contributed by atoms with Crippen molar-refractivity contribution in [1.82, 2.24) is 14.1 Å². The quantitative estimate of drug-likeness (QED) is 0.176. The lowest BCUT2D eigenvalue weighted by Crippen LogP contribution is -1.98. The highest BCUT2D eigenvalue weighted by Crippen LogP contribution is 2.43. The van der Waals surface area contributed by atoms with Crippen LogP contribution in [0.15, 0.2) is 176 Å². The van der Waals surface area contributed by atoms with E-state index in [-0.39, 0.29) is 0 Å². The van der Waals surface area contributed by atoms with Gasteiger partial charge in [-0.1, -0.05) is 140 Å². The van der Waals surface area contributed by atoms with Crippen LogP contribution >= 0.6 is 0 Å². The van der Waals surface area contributed by atoms with E-state index in [9.17, 15) is 0 Å². The van der Waals surface area contributed by atoms with Gasteiger partial charge in [-0.3, -0.25) is 4.57 Å². The van der Waals surface area contributed by atoms with Gasteiger partial charge in [0.1, 0.15) is 5.82 Å². The molecule has 0 amide bonds. The number of imidazole rings is 1. The number of aromatic nitrogens is 3. The summed E-state index contributed by atoms with van der Waals surface area (Å²) in [6.45, 7) is 0. The number of hydrogen-bond acceptors (Lipinski definition) is 1. The van der Waals surface area contributed by atoms with Crippen LogP contribution in [0.3, 0.4) is 0 Å². The van der Waals surface area contributed by atoms with Crippen molar-refractivity contribution in [2.24, 2.45) is 0 Å². The Balaban J connectivity index is 1.06. The molecule has 11 aromatic rings. The summed E-state index contributed by atoms with van der Waals surface area (Å²) in [4.78, 5) is 5.46. The molecular formula is C47H29N3. The number of hydrogen-bond donors (Lipinski definition) is 0. The minimum atomic E-state index is 0.941. The second-order valence-electron chi connectivity index (χ2n) is 13.2. The van der Waals surface area contributed by atoms with Crippen LogP contribution in [0.5, 0.6) is 0 Å². The first kappa shape index (κ1) is 27.3. The van der Waals surface area contributed by atoms with Crippen molar-refractivity contribution in [3.05, 3.63) is 176 Å². The predicted molar refractivity (Wildman–Crippen MR) is 210 cm³/mol. The summed E-state index contributed by atoms with van der Waals surface area (Å²) in [6, 6.07) is 63.5. The van der Waals surface area contributed by atoms with Gasteiger partial charge in [-0.25, -0.2) is 4.98 Å². The Labute approximate surface area is 288 Å². The van der Waals surface area contributed by atoms with E-state index in [1.807, 2.05) is 0 Å². The zero-order valence-electron chi connectivity index (χ0n) is 27.1. The third kappa shape index (κ3) is 3.83. The Bertz CT molecular complexity index is 3000. The number of para-hydroxylation sites is 3. The van der Waals surface area contributed by atoms with Gasteiger partial charge in [0.25, 0.3) is 0 Å². The van der Waals surface area contributed by atoms with E-state index in [0.717, 1.165) is 33.8 Å². The first-order valence-corrected chi connectivity index (χ1v) is 17.1. The lowest BCUT2D eigenvalue weighted by atomic mass is 9.93. The Kier molecular flexibility index (Phi) is 5.67. The molecule has 0 atom stereocenters. The zero-order chi connectivity index (χ0) is 32.8. The second-order valence-corrected chi connectivity index (χ2v) is 13.2. The maximum atomic E-state index is 5.46. The van der Waals surface area contributed by atoms with E-state index in [1.54, 1.807) is 0 Å². The van der Waals surface area contributed by atoms with Crippen molar-refractivity contribution in [3.8, 4) is 33.9 Å². The smallest absolute Gasteiger partial charge is 0.145 e. The molecule has 0 saturated carbocycles. The van der Waals surface area contributed by atoms with Crippen LogP contribution < -0.4 is 0 Å². The molecule has 0 aliphatic rings. The van der Waals surface area contributed by atoms with Crippen molar-refractivity contribution >= 4 is 65.2 Å². The molecule has 0 spiro atoms. The molecular weight excluding hydrogens is 607 g/mol. The van der Waals surface area contributed by atoms with Crippen LogP contribution in [-0.2, 0) is 0 Å². The number of benzene rings is 9. The first-order valence-electron chi connectivity index (χ1n) is 17.1. The fraction of sp³-hybridized carbons (Fsp3) is 0. The van der Waals surface area contributed by atoms with Gasteiger partial charge in [-0.2, -0.15) is 0 Å². The SMILES string of the molecule is c1ccc(-n2c(-c3ccc(-c4ccc(-n5c6ccccc6c6ccccc65)cc4)cc3)nc3c4cccc5ccc6cccc(c6c54)c32)cc1. The molecule has 0 aliphatic heterocycles. The van der Waals surface area contributed by atoms with Crippen LogP contribution in [0.2, 0.25) is 0 Å². The average molecular weight is 636 g/mol. The van der Waals surface area contributed by atoms with Crippen LogP contribution in [0.1, 0.15) is 0 Å². The molecule has 9 aromatic carbocycles. The van der Waals surface area contributed by atoms with Crippen molar-refractivity contribution in [2.45, 2.75) is 0 Å². The average Bonchev–Trinajstić information content (AvgIpc) is 3.75. The van der Waals surface area contributed by atoms with E-state index in [2.05, 4.69) is 185 Å². The molecule has 0 aliphatic carbocycles. The van der Waals surface area contributed by atoms with Gasteiger partial charge in [-0.05, 0) is 69.1 Å². The first-order chi connectivity index (χ1) is 24.8.